The van der Waals surface area contributed by atoms with Crippen LogP contribution in [0.25, 0.3) is 0 Å². The van der Waals surface area contributed by atoms with Crippen molar-refractivity contribution in [1.82, 2.24) is 8.61 Å². The summed E-state index contributed by atoms with van der Waals surface area (Å²) in [6.07, 6.45) is 0. The SMILES string of the molecule is COc1ccccc1S(=O)(=O)N1CCN(S(=O)(=O)c2ccc(C)cc2)CC1. The molecule has 7 nitrogen and oxygen atoms in total. The van der Waals surface area contributed by atoms with Crippen LogP contribution in [-0.4, -0.2) is 58.7 Å². The maximum Gasteiger partial charge on any atom is 0.246 e. The summed E-state index contributed by atoms with van der Waals surface area (Å²) in [5.74, 6) is 0.271. The van der Waals surface area contributed by atoms with Gasteiger partial charge in [0.2, 0.25) is 20.0 Å². The van der Waals surface area contributed by atoms with Gasteiger partial charge in [0.15, 0.2) is 0 Å². The zero-order chi connectivity index (χ0) is 19.7. The summed E-state index contributed by atoms with van der Waals surface area (Å²) in [6, 6.07) is 13.0. The largest absolute Gasteiger partial charge is 0.495 e. The van der Waals surface area contributed by atoms with Crippen LogP contribution in [0.4, 0.5) is 0 Å². The van der Waals surface area contributed by atoms with Crippen molar-refractivity contribution in [2.24, 2.45) is 0 Å². The molecule has 0 saturated carbocycles. The van der Waals surface area contributed by atoms with Gasteiger partial charge in [-0.2, -0.15) is 8.61 Å². The van der Waals surface area contributed by atoms with Crippen LogP contribution < -0.4 is 4.74 Å². The van der Waals surface area contributed by atoms with Crippen molar-refractivity contribution in [3.63, 3.8) is 0 Å². The Bertz CT molecular complexity index is 1010. The van der Waals surface area contributed by atoms with Crippen molar-refractivity contribution in [3.8, 4) is 5.75 Å². The van der Waals surface area contributed by atoms with Crippen LogP contribution in [0, 0.1) is 6.92 Å². The number of hydrogen-bond donors (Lipinski definition) is 0. The van der Waals surface area contributed by atoms with Crippen LogP contribution in [0.2, 0.25) is 0 Å². The number of rotatable bonds is 5. The Morgan fingerprint density at radius 3 is 1.85 bits per heavy atom. The molecule has 27 heavy (non-hydrogen) atoms. The summed E-state index contributed by atoms with van der Waals surface area (Å²) in [5, 5.41) is 0. The minimum absolute atomic E-state index is 0.0855. The van der Waals surface area contributed by atoms with Gasteiger partial charge >= 0.3 is 0 Å². The van der Waals surface area contributed by atoms with Crippen molar-refractivity contribution in [1.29, 1.82) is 0 Å². The Morgan fingerprint density at radius 2 is 1.30 bits per heavy atom. The fraction of sp³-hybridized carbons (Fsp3) is 0.333. The molecule has 1 saturated heterocycles. The van der Waals surface area contributed by atoms with Gasteiger partial charge < -0.3 is 4.74 Å². The van der Waals surface area contributed by atoms with Crippen LogP contribution in [0.3, 0.4) is 0 Å². The summed E-state index contributed by atoms with van der Waals surface area (Å²) in [4.78, 5) is 0.302. The second-order valence-electron chi connectivity index (χ2n) is 6.27. The van der Waals surface area contributed by atoms with Crippen LogP contribution in [0.15, 0.2) is 58.3 Å². The lowest BCUT2D eigenvalue weighted by molar-refractivity contribution is 0.272. The lowest BCUT2D eigenvalue weighted by atomic mass is 10.2. The van der Waals surface area contributed by atoms with Crippen LogP contribution >= 0.6 is 0 Å². The van der Waals surface area contributed by atoms with E-state index in [9.17, 15) is 16.8 Å². The first-order valence-corrected chi connectivity index (χ1v) is 11.3. The molecule has 146 valence electrons. The third-order valence-corrected chi connectivity index (χ3v) is 8.39. The summed E-state index contributed by atoms with van der Waals surface area (Å²) in [6.45, 7) is 2.27. The normalized spacial score (nSPS) is 17.0. The second kappa shape index (κ2) is 7.59. The van der Waals surface area contributed by atoms with Gasteiger partial charge in [0.25, 0.3) is 0 Å². The zero-order valence-electron chi connectivity index (χ0n) is 15.2. The summed E-state index contributed by atoms with van der Waals surface area (Å²) < 4.78 is 59.1. The Balaban J connectivity index is 1.78. The summed E-state index contributed by atoms with van der Waals surface area (Å²) in [7, 11) is -5.98. The second-order valence-corrected chi connectivity index (χ2v) is 10.1. The lowest BCUT2D eigenvalue weighted by Gasteiger charge is -2.33. The van der Waals surface area contributed by atoms with Crippen molar-refractivity contribution < 1.29 is 21.6 Å². The van der Waals surface area contributed by atoms with Crippen molar-refractivity contribution in [2.45, 2.75) is 16.7 Å². The molecular weight excluding hydrogens is 388 g/mol. The molecule has 1 fully saturated rings. The molecule has 0 spiro atoms. The van der Waals surface area contributed by atoms with Crippen molar-refractivity contribution in [2.75, 3.05) is 33.3 Å². The molecule has 0 N–H and O–H groups in total. The molecule has 9 heteroatoms. The van der Waals surface area contributed by atoms with Gasteiger partial charge in [-0.15, -0.1) is 0 Å². The number of benzene rings is 2. The van der Waals surface area contributed by atoms with Crippen molar-refractivity contribution >= 4 is 20.0 Å². The predicted molar refractivity (Wildman–Crippen MR) is 102 cm³/mol. The first-order chi connectivity index (χ1) is 12.8. The van der Waals surface area contributed by atoms with E-state index in [1.165, 1.54) is 21.8 Å². The van der Waals surface area contributed by atoms with E-state index in [2.05, 4.69) is 0 Å². The van der Waals surface area contributed by atoms with E-state index in [4.69, 9.17) is 4.74 Å². The maximum absolute atomic E-state index is 12.9. The number of methoxy groups -OCH3 is 1. The molecular formula is C18H22N2O5S2. The highest BCUT2D eigenvalue weighted by Gasteiger charge is 2.34. The number of para-hydroxylation sites is 1. The van der Waals surface area contributed by atoms with Gasteiger partial charge in [-0.3, -0.25) is 0 Å². The minimum Gasteiger partial charge on any atom is -0.495 e. The molecule has 1 aliphatic heterocycles. The molecule has 0 bridgehead atoms. The number of piperazine rings is 1. The smallest absolute Gasteiger partial charge is 0.246 e. The molecule has 0 radical (unpaired) electrons. The Morgan fingerprint density at radius 1 is 0.778 bits per heavy atom. The third kappa shape index (κ3) is 3.86. The van der Waals surface area contributed by atoms with Gasteiger partial charge in [0.05, 0.1) is 12.0 Å². The predicted octanol–water partition coefficient (Wildman–Crippen LogP) is 1.70. The molecule has 0 aliphatic carbocycles. The first kappa shape index (κ1) is 19.8. The average Bonchev–Trinajstić information content (AvgIpc) is 2.68. The van der Waals surface area contributed by atoms with E-state index in [1.54, 1.807) is 42.5 Å². The molecule has 0 amide bonds. The van der Waals surface area contributed by atoms with Gasteiger partial charge in [-0.05, 0) is 31.2 Å². The van der Waals surface area contributed by atoms with E-state index in [-0.39, 0.29) is 41.7 Å². The molecule has 0 unspecified atom stereocenters. The molecule has 2 aromatic rings. The average molecular weight is 411 g/mol. The zero-order valence-corrected chi connectivity index (χ0v) is 16.8. The number of nitrogens with zero attached hydrogens (tertiary/aromatic N) is 2. The highest BCUT2D eigenvalue weighted by molar-refractivity contribution is 7.89. The molecule has 0 atom stereocenters. The number of sulfonamides is 2. The quantitative estimate of drug-likeness (QED) is 0.749. The van der Waals surface area contributed by atoms with Gasteiger partial charge in [0, 0.05) is 26.2 Å². The molecule has 1 heterocycles. The van der Waals surface area contributed by atoms with Gasteiger partial charge in [-0.25, -0.2) is 16.8 Å². The van der Waals surface area contributed by atoms with Crippen LogP contribution in [0.5, 0.6) is 5.75 Å². The van der Waals surface area contributed by atoms with Crippen LogP contribution in [-0.2, 0) is 20.0 Å². The standard InChI is InChI=1S/C18H22N2O5S2/c1-15-7-9-16(10-8-15)26(21,22)19-11-13-20(14-12-19)27(23,24)18-6-4-3-5-17(18)25-2/h3-10H,11-14H2,1-2H3. The summed E-state index contributed by atoms with van der Waals surface area (Å²) >= 11 is 0. The highest BCUT2D eigenvalue weighted by atomic mass is 32.2. The molecule has 1 aliphatic rings. The minimum atomic E-state index is -3.76. The summed E-state index contributed by atoms with van der Waals surface area (Å²) in [5.41, 5.74) is 0.974. The lowest BCUT2D eigenvalue weighted by Crippen LogP contribution is -2.50. The number of hydrogen-bond acceptors (Lipinski definition) is 5. The van der Waals surface area contributed by atoms with E-state index < -0.39 is 20.0 Å². The fourth-order valence-corrected chi connectivity index (χ4v) is 5.98. The van der Waals surface area contributed by atoms with E-state index in [0.29, 0.717) is 0 Å². The number of aryl methyl sites for hydroxylation is 1. The monoisotopic (exact) mass is 410 g/mol. The van der Waals surface area contributed by atoms with Crippen molar-refractivity contribution in [3.05, 3.63) is 54.1 Å². The van der Waals surface area contributed by atoms with E-state index in [1.807, 2.05) is 6.92 Å². The molecule has 0 aromatic heterocycles. The topological polar surface area (TPSA) is 84.0 Å². The van der Waals surface area contributed by atoms with Gasteiger partial charge in [0.1, 0.15) is 10.6 Å². The molecule has 3 rings (SSSR count). The first-order valence-electron chi connectivity index (χ1n) is 8.47. The van der Waals surface area contributed by atoms with Gasteiger partial charge in [-0.1, -0.05) is 29.8 Å². The fourth-order valence-electron chi connectivity index (χ4n) is 2.98. The Labute approximate surface area is 160 Å². The molecule has 2 aromatic carbocycles. The van der Waals surface area contributed by atoms with E-state index in [0.717, 1.165) is 5.56 Å². The third-order valence-electron chi connectivity index (χ3n) is 4.54. The van der Waals surface area contributed by atoms with Crippen LogP contribution in [0.1, 0.15) is 5.56 Å². The Kier molecular flexibility index (Phi) is 5.57. The van der Waals surface area contributed by atoms with E-state index >= 15 is 0 Å². The maximum atomic E-state index is 12.9. The highest BCUT2D eigenvalue weighted by Crippen LogP contribution is 2.27. The Hall–Kier alpha value is -1.94. The number of ether oxygens (including phenoxy) is 1.